The number of nitrogens with zero attached hydrogens (tertiary/aromatic N) is 3. The van der Waals surface area contributed by atoms with Gasteiger partial charge in [-0.25, -0.2) is 4.98 Å². The lowest BCUT2D eigenvalue weighted by Crippen LogP contribution is -2.27. The van der Waals surface area contributed by atoms with Crippen molar-refractivity contribution in [3.63, 3.8) is 0 Å². The van der Waals surface area contributed by atoms with Crippen LogP contribution in [0.4, 0.5) is 0 Å². The Morgan fingerprint density at radius 1 is 1.30 bits per heavy atom. The predicted molar refractivity (Wildman–Crippen MR) is 104 cm³/mol. The van der Waals surface area contributed by atoms with Gasteiger partial charge in [-0.15, -0.1) is 16.4 Å². The van der Waals surface area contributed by atoms with Crippen molar-refractivity contribution >= 4 is 34.8 Å². The van der Waals surface area contributed by atoms with E-state index in [1.54, 1.807) is 23.6 Å². The molecule has 0 unspecified atom stereocenters. The second-order valence-electron chi connectivity index (χ2n) is 6.33. The fourth-order valence-corrected chi connectivity index (χ4v) is 4.40. The van der Waals surface area contributed by atoms with Crippen molar-refractivity contribution < 1.29 is 9.59 Å². The van der Waals surface area contributed by atoms with Crippen LogP contribution in [0.2, 0.25) is 0 Å². The molecule has 2 N–H and O–H groups in total. The Morgan fingerprint density at radius 3 is 2.93 bits per heavy atom. The minimum Gasteiger partial charge on any atom is -0.356 e. The van der Waals surface area contributed by atoms with Crippen molar-refractivity contribution in [3.8, 4) is 0 Å². The third kappa shape index (κ3) is 4.30. The summed E-state index contributed by atoms with van der Waals surface area (Å²) in [5.41, 5.74) is 0.987. The van der Waals surface area contributed by atoms with Gasteiger partial charge in [0.1, 0.15) is 11.5 Å². The van der Waals surface area contributed by atoms with E-state index in [1.807, 2.05) is 16.3 Å². The number of thiophene rings is 1. The average Bonchev–Trinajstić information content (AvgIpc) is 3.48. The Balaban J connectivity index is 1.32. The maximum atomic E-state index is 12.4. The van der Waals surface area contributed by atoms with Crippen LogP contribution in [-0.2, 0) is 6.42 Å². The summed E-state index contributed by atoms with van der Waals surface area (Å²) in [5.74, 6) is 0.922. The molecule has 27 heavy (non-hydrogen) atoms. The number of likely N-dealkylation sites (tertiary alicyclic amines) is 1. The van der Waals surface area contributed by atoms with Gasteiger partial charge < -0.3 is 9.88 Å². The van der Waals surface area contributed by atoms with Crippen LogP contribution in [0, 0.1) is 0 Å². The van der Waals surface area contributed by atoms with Crippen molar-refractivity contribution in [2.24, 2.45) is 0 Å². The number of H-pyrrole nitrogens is 2. The number of hydrogen-bond acceptors (Lipinski definition) is 6. The summed E-state index contributed by atoms with van der Waals surface area (Å²) in [4.78, 5) is 35.1. The van der Waals surface area contributed by atoms with E-state index in [9.17, 15) is 9.59 Å². The Morgan fingerprint density at radius 2 is 2.15 bits per heavy atom. The van der Waals surface area contributed by atoms with E-state index in [1.165, 1.54) is 16.6 Å². The molecule has 0 radical (unpaired) electrons. The van der Waals surface area contributed by atoms with E-state index in [2.05, 4.69) is 26.2 Å². The fraction of sp³-hybridized carbons (Fsp3) is 0.333. The summed E-state index contributed by atoms with van der Waals surface area (Å²) in [6.07, 6.45) is 4.39. The van der Waals surface area contributed by atoms with Gasteiger partial charge >= 0.3 is 0 Å². The number of carbonyl (C=O) groups is 2. The molecule has 1 fully saturated rings. The van der Waals surface area contributed by atoms with E-state index < -0.39 is 0 Å². The molecule has 1 saturated heterocycles. The number of aromatic nitrogens is 4. The van der Waals surface area contributed by atoms with Gasteiger partial charge in [-0.2, -0.15) is 0 Å². The highest BCUT2D eigenvalue weighted by atomic mass is 32.2. The van der Waals surface area contributed by atoms with Crippen molar-refractivity contribution in [1.29, 1.82) is 0 Å². The van der Waals surface area contributed by atoms with Crippen LogP contribution >= 0.6 is 23.1 Å². The number of nitrogens with one attached hydrogen (secondary N) is 2. The van der Waals surface area contributed by atoms with Gasteiger partial charge in [0.15, 0.2) is 5.78 Å². The zero-order chi connectivity index (χ0) is 18.6. The topological polar surface area (TPSA) is 94.7 Å². The molecule has 3 aromatic rings. The molecule has 1 aliphatic rings. The molecule has 0 atom stereocenters. The molecular formula is C18H19N5O2S2. The zero-order valence-corrected chi connectivity index (χ0v) is 16.2. The molecule has 1 amide bonds. The van der Waals surface area contributed by atoms with Gasteiger partial charge in [0.25, 0.3) is 5.91 Å². The van der Waals surface area contributed by atoms with Gasteiger partial charge in [0, 0.05) is 36.1 Å². The first-order valence-corrected chi connectivity index (χ1v) is 10.6. The number of ketones is 1. The quantitative estimate of drug-likeness (QED) is 0.469. The highest BCUT2D eigenvalue weighted by Crippen LogP contribution is 2.19. The third-order valence-corrected chi connectivity index (χ3v) is 6.12. The molecule has 4 rings (SSSR count). The first-order chi connectivity index (χ1) is 13.2. The van der Waals surface area contributed by atoms with Gasteiger partial charge in [-0.3, -0.25) is 14.7 Å². The first kappa shape index (κ1) is 18.0. The molecule has 0 saturated carbocycles. The predicted octanol–water partition coefficient (Wildman–Crippen LogP) is 3.00. The standard InChI is InChI=1S/C18H19N5O2S2/c24-15(12-8-14(19-10-12)17(25)23-5-1-2-6-23)11-27-18-20-16(21-22-18)9-13-4-3-7-26-13/h3-4,7-8,10,19H,1-2,5-6,9,11H2,(H,20,21,22). The Kier molecular flexibility index (Phi) is 5.40. The molecule has 3 aromatic heterocycles. The number of carbonyl (C=O) groups excluding carboxylic acids is 2. The Labute approximate surface area is 164 Å². The summed E-state index contributed by atoms with van der Waals surface area (Å²) in [5, 5.41) is 9.66. The number of amides is 1. The number of thioether (sulfide) groups is 1. The number of aromatic amines is 2. The number of Topliss-reactive ketones (excluding diaryl/α,β-unsaturated/α-hetero) is 1. The minimum absolute atomic E-state index is 0.0358. The van der Waals surface area contributed by atoms with Crippen molar-refractivity contribution in [3.05, 3.63) is 51.7 Å². The highest BCUT2D eigenvalue weighted by molar-refractivity contribution is 7.99. The molecule has 7 nitrogen and oxygen atoms in total. The monoisotopic (exact) mass is 401 g/mol. The molecule has 9 heteroatoms. The van der Waals surface area contributed by atoms with Crippen LogP contribution in [0.1, 0.15) is 44.4 Å². The van der Waals surface area contributed by atoms with E-state index in [0.717, 1.165) is 31.8 Å². The third-order valence-electron chi connectivity index (χ3n) is 4.39. The molecule has 0 aliphatic carbocycles. The normalized spacial score (nSPS) is 14.0. The van der Waals surface area contributed by atoms with Crippen molar-refractivity contribution in [2.45, 2.75) is 24.4 Å². The summed E-state index contributed by atoms with van der Waals surface area (Å²) < 4.78 is 0. The highest BCUT2D eigenvalue weighted by Gasteiger charge is 2.21. The van der Waals surface area contributed by atoms with Crippen LogP contribution < -0.4 is 0 Å². The van der Waals surface area contributed by atoms with E-state index in [0.29, 0.717) is 22.8 Å². The molecular weight excluding hydrogens is 382 g/mol. The van der Waals surface area contributed by atoms with Crippen LogP contribution in [0.5, 0.6) is 0 Å². The zero-order valence-electron chi connectivity index (χ0n) is 14.6. The van der Waals surface area contributed by atoms with E-state index in [4.69, 9.17) is 0 Å². The Hall–Kier alpha value is -2.39. The fourth-order valence-electron chi connectivity index (χ4n) is 2.98. The van der Waals surface area contributed by atoms with Crippen LogP contribution in [0.3, 0.4) is 0 Å². The van der Waals surface area contributed by atoms with Crippen molar-refractivity contribution in [1.82, 2.24) is 25.1 Å². The second kappa shape index (κ2) is 8.10. The summed E-state index contributed by atoms with van der Waals surface area (Å²) in [7, 11) is 0. The number of hydrogen-bond donors (Lipinski definition) is 2. The smallest absolute Gasteiger partial charge is 0.270 e. The van der Waals surface area contributed by atoms with Crippen LogP contribution in [0.25, 0.3) is 0 Å². The van der Waals surface area contributed by atoms with Crippen LogP contribution in [0.15, 0.2) is 34.9 Å². The molecule has 1 aliphatic heterocycles. The van der Waals surface area contributed by atoms with Crippen molar-refractivity contribution in [2.75, 3.05) is 18.8 Å². The molecule has 4 heterocycles. The van der Waals surface area contributed by atoms with Gasteiger partial charge in [0.05, 0.1) is 5.75 Å². The number of rotatable bonds is 7. The van der Waals surface area contributed by atoms with E-state index in [-0.39, 0.29) is 17.4 Å². The van der Waals surface area contributed by atoms with Gasteiger partial charge in [0.2, 0.25) is 5.16 Å². The van der Waals surface area contributed by atoms with Gasteiger partial charge in [-0.1, -0.05) is 17.8 Å². The molecule has 140 valence electrons. The lowest BCUT2D eigenvalue weighted by atomic mass is 10.2. The summed E-state index contributed by atoms with van der Waals surface area (Å²) in [6, 6.07) is 5.70. The maximum Gasteiger partial charge on any atom is 0.270 e. The first-order valence-electron chi connectivity index (χ1n) is 8.76. The summed E-state index contributed by atoms with van der Waals surface area (Å²) >= 11 is 2.96. The minimum atomic E-state index is -0.0543. The largest absolute Gasteiger partial charge is 0.356 e. The lowest BCUT2D eigenvalue weighted by Gasteiger charge is -2.13. The molecule has 0 aromatic carbocycles. The molecule has 0 spiro atoms. The molecule has 0 bridgehead atoms. The second-order valence-corrected chi connectivity index (χ2v) is 8.31. The maximum absolute atomic E-state index is 12.4. The van der Waals surface area contributed by atoms with E-state index >= 15 is 0 Å². The SMILES string of the molecule is O=C(CSc1n[nH]c(Cc2cccs2)n1)c1c[nH]c(C(=O)N2CCCC2)c1. The average molecular weight is 402 g/mol. The van der Waals surface area contributed by atoms with Crippen LogP contribution in [-0.4, -0.2) is 55.6 Å². The lowest BCUT2D eigenvalue weighted by molar-refractivity contribution is 0.0787. The van der Waals surface area contributed by atoms with Gasteiger partial charge in [-0.05, 0) is 30.4 Å². The summed E-state index contributed by atoms with van der Waals surface area (Å²) in [6.45, 7) is 1.57. The Bertz CT molecular complexity index is 925.